The number of carboxylic acid groups (broad SMARTS) is 1. The van der Waals surface area contributed by atoms with Gasteiger partial charge in [-0.1, -0.05) is 18.2 Å². The van der Waals surface area contributed by atoms with E-state index in [0.29, 0.717) is 35.0 Å². The number of benzene rings is 2. The van der Waals surface area contributed by atoms with E-state index in [9.17, 15) is 20.0 Å². The maximum absolute atomic E-state index is 11.8. The molecule has 0 saturated carbocycles. The van der Waals surface area contributed by atoms with Crippen molar-refractivity contribution in [2.24, 2.45) is 0 Å². The van der Waals surface area contributed by atoms with E-state index in [4.69, 9.17) is 0 Å². The number of non-ortho nitro benzene ring substituents is 1. The van der Waals surface area contributed by atoms with Crippen molar-refractivity contribution in [3.63, 3.8) is 0 Å². The Morgan fingerprint density at radius 3 is 2.54 bits per heavy atom. The van der Waals surface area contributed by atoms with Crippen molar-refractivity contribution in [3.05, 3.63) is 81.0 Å². The van der Waals surface area contributed by atoms with Gasteiger partial charge in [-0.15, -0.1) is 0 Å². The Hall–Kier alpha value is -3.54. The van der Waals surface area contributed by atoms with Crippen LogP contribution in [0.25, 0.3) is 22.6 Å². The Morgan fingerprint density at radius 2 is 1.85 bits per heavy atom. The number of allylic oxidation sites excluding steroid dienone is 1. The first-order chi connectivity index (χ1) is 12.5. The van der Waals surface area contributed by atoms with Gasteiger partial charge in [-0.25, -0.2) is 9.78 Å². The molecule has 0 aliphatic heterocycles. The molecular formula is C20H14N2O4. The fourth-order valence-corrected chi connectivity index (χ4v) is 3.42. The number of carboxylic acids is 1. The number of aromatic nitrogens is 1. The highest BCUT2D eigenvalue weighted by atomic mass is 16.6. The molecule has 3 aromatic rings. The first-order valence-electron chi connectivity index (χ1n) is 8.15. The smallest absolute Gasteiger partial charge is 0.336 e. The predicted molar refractivity (Wildman–Crippen MR) is 98.0 cm³/mol. The second kappa shape index (κ2) is 6.07. The first kappa shape index (κ1) is 16.0. The number of carbonyl (C=O) groups is 1. The number of nitrogens with zero attached hydrogens (tertiary/aromatic N) is 2. The molecule has 4 rings (SSSR count). The fraction of sp³-hybridized carbons (Fsp3) is 0.100. The monoisotopic (exact) mass is 346 g/mol. The first-order valence-corrected chi connectivity index (χ1v) is 8.15. The quantitative estimate of drug-likeness (QED) is 0.563. The van der Waals surface area contributed by atoms with Crippen LogP contribution in [0.2, 0.25) is 0 Å². The molecule has 128 valence electrons. The van der Waals surface area contributed by atoms with E-state index >= 15 is 0 Å². The third-order valence-electron chi connectivity index (χ3n) is 4.60. The largest absolute Gasteiger partial charge is 0.478 e. The van der Waals surface area contributed by atoms with E-state index in [1.807, 2.05) is 24.3 Å². The average Bonchev–Trinajstić information content (AvgIpc) is 3.02. The van der Waals surface area contributed by atoms with Gasteiger partial charge in [0.1, 0.15) is 0 Å². The molecule has 0 saturated heterocycles. The second-order valence-electron chi connectivity index (χ2n) is 6.15. The number of nitro groups is 1. The highest BCUT2D eigenvalue weighted by Gasteiger charge is 2.26. The van der Waals surface area contributed by atoms with E-state index in [0.717, 1.165) is 16.7 Å². The molecule has 0 unspecified atom stereocenters. The summed E-state index contributed by atoms with van der Waals surface area (Å²) in [5.41, 5.74) is 4.24. The molecule has 0 spiro atoms. The zero-order valence-corrected chi connectivity index (χ0v) is 13.7. The Balaban J connectivity index is 1.85. The van der Waals surface area contributed by atoms with Crippen molar-refractivity contribution in [2.75, 3.05) is 0 Å². The van der Waals surface area contributed by atoms with Gasteiger partial charge in [0.05, 0.1) is 21.7 Å². The van der Waals surface area contributed by atoms with Crippen LogP contribution in [0.1, 0.15) is 33.6 Å². The summed E-state index contributed by atoms with van der Waals surface area (Å²) < 4.78 is 0. The third-order valence-corrected chi connectivity index (χ3v) is 4.60. The standard InChI is InChI=1S/C20H14N2O4/c23-20(24)18-15-3-1-2-4-17(15)21-19-13(7-10-16(18)19)11-12-5-8-14(9-6-12)22(25)26/h1-6,8-9,11H,7,10H2,(H,23,24)/b13-11+. The van der Waals surface area contributed by atoms with E-state index in [1.54, 1.807) is 18.2 Å². The van der Waals surface area contributed by atoms with Crippen LogP contribution in [-0.4, -0.2) is 21.0 Å². The zero-order chi connectivity index (χ0) is 18.3. The maximum atomic E-state index is 11.8. The molecule has 0 fully saturated rings. The molecule has 0 bridgehead atoms. The number of rotatable bonds is 3. The number of hydrogen-bond donors (Lipinski definition) is 1. The summed E-state index contributed by atoms with van der Waals surface area (Å²) in [5, 5.41) is 21.1. The van der Waals surface area contributed by atoms with E-state index in [2.05, 4.69) is 4.98 Å². The van der Waals surface area contributed by atoms with Crippen molar-refractivity contribution in [2.45, 2.75) is 12.8 Å². The number of pyridine rings is 1. The van der Waals surface area contributed by atoms with Crippen molar-refractivity contribution >= 4 is 34.2 Å². The summed E-state index contributed by atoms with van der Waals surface area (Å²) in [5.74, 6) is -0.948. The lowest BCUT2D eigenvalue weighted by atomic mass is 10.0. The van der Waals surface area contributed by atoms with Crippen molar-refractivity contribution in [3.8, 4) is 0 Å². The topological polar surface area (TPSA) is 93.3 Å². The summed E-state index contributed by atoms with van der Waals surface area (Å²) in [4.78, 5) is 26.8. The number of para-hydroxylation sites is 1. The van der Waals surface area contributed by atoms with Crippen LogP contribution < -0.4 is 0 Å². The number of hydrogen-bond acceptors (Lipinski definition) is 4. The number of aromatic carboxylic acids is 1. The van der Waals surface area contributed by atoms with Gasteiger partial charge in [0, 0.05) is 17.5 Å². The van der Waals surface area contributed by atoms with Crippen LogP contribution in [0.4, 0.5) is 5.69 Å². The van der Waals surface area contributed by atoms with E-state index in [1.165, 1.54) is 12.1 Å². The number of nitro benzene ring substituents is 1. The summed E-state index contributed by atoms with van der Waals surface area (Å²) in [7, 11) is 0. The van der Waals surface area contributed by atoms with Gasteiger partial charge in [-0.05, 0) is 53.8 Å². The van der Waals surface area contributed by atoms with Gasteiger partial charge in [-0.2, -0.15) is 0 Å². The van der Waals surface area contributed by atoms with Crippen molar-refractivity contribution in [1.82, 2.24) is 4.98 Å². The molecule has 1 heterocycles. The Kier molecular flexibility index (Phi) is 3.73. The maximum Gasteiger partial charge on any atom is 0.336 e. The average molecular weight is 346 g/mol. The summed E-state index contributed by atoms with van der Waals surface area (Å²) in [6.07, 6.45) is 3.23. The third kappa shape index (κ3) is 2.61. The van der Waals surface area contributed by atoms with Crippen LogP contribution in [-0.2, 0) is 6.42 Å². The molecular weight excluding hydrogens is 332 g/mol. The van der Waals surface area contributed by atoms with E-state index < -0.39 is 10.9 Å². The fourth-order valence-electron chi connectivity index (χ4n) is 3.42. The lowest BCUT2D eigenvalue weighted by molar-refractivity contribution is -0.384. The van der Waals surface area contributed by atoms with Gasteiger partial charge in [0.2, 0.25) is 0 Å². The van der Waals surface area contributed by atoms with Gasteiger partial charge >= 0.3 is 5.97 Å². The normalized spacial score (nSPS) is 14.5. The minimum absolute atomic E-state index is 0.0382. The predicted octanol–water partition coefficient (Wildman–Crippen LogP) is 4.33. The van der Waals surface area contributed by atoms with Gasteiger partial charge in [0.15, 0.2) is 0 Å². The molecule has 0 amide bonds. The minimum Gasteiger partial charge on any atom is -0.478 e. The highest BCUT2D eigenvalue weighted by Crippen LogP contribution is 2.37. The Morgan fingerprint density at radius 1 is 1.12 bits per heavy atom. The lowest BCUT2D eigenvalue weighted by Gasteiger charge is -2.09. The molecule has 2 aromatic carbocycles. The van der Waals surface area contributed by atoms with Crippen molar-refractivity contribution in [1.29, 1.82) is 0 Å². The van der Waals surface area contributed by atoms with Gasteiger partial charge < -0.3 is 5.11 Å². The van der Waals surface area contributed by atoms with Crippen LogP contribution in [0.15, 0.2) is 48.5 Å². The molecule has 1 aromatic heterocycles. The number of fused-ring (bicyclic) bond motifs is 2. The second-order valence-corrected chi connectivity index (χ2v) is 6.15. The van der Waals surface area contributed by atoms with Gasteiger partial charge in [0.25, 0.3) is 5.69 Å². The molecule has 0 atom stereocenters. The van der Waals surface area contributed by atoms with Gasteiger partial charge in [-0.3, -0.25) is 10.1 Å². The zero-order valence-electron chi connectivity index (χ0n) is 13.7. The minimum atomic E-state index is -0.948. The Labute approximate surface area is 148 Å². The Bertz CT molecular complexity index is 1080. The van der Waals surface area contributed by atoms with Crippen LogP contribution in [0, 0.1) is 10.1 Å². The molecule has 6 heteroatoms. The van der Waals surface area contributed by atoms with Crippen molar-refractivity contribution < 1.29 is 14.8 Å². The van der Waals surface area contributed by atoms with Crippen LogP contribution in [0.3, 0.4) is 0 Å². The lowest BCUT2D eigenvalue weighted by Crippen LogP contribution is -2.05. The van der Waals surface area contributed by atoms with E-state index in [-0.39, 0.29) is 5.69 Å². The molecule has 1 aliphatic rings. The van der Waals surface area contributed by atoms with Crippen LogP contribution in [0.5, 0.6) is 0 Å². The summed E-state index contributed by atoms with van der Waals surface area (Å²) in [6.45, 7) is 0. The molecule has 1 aliphatic carbocycles. The molecule has 1 N–H and O–H groups in total. The highest BCUT2D eigenvalue weighted by molar-refractivity contribution is 6.06. The summed E-state index contributed by atoms with van der Waals surface area (Å²) >= 11 is 0. The SMILES string of the molecule is O=C(O)c1c2c(nc3ccccc13)/C(=C/c1ccc([N+](=O)[O-])cc1)CC2. The van der Waals surface area contributed by atoms with Crippen LogP contribution >= 0.6 is 0 Å². The molecule has 26 heavy (non-hydrogen) atoms. The molecule has 6 nitrogen and oxygen atoms in total. The summed E-state index contributed by atoms with van der Waals surface area (Å²) in [6, 6.07) is 13.5. The molecule has 0 radical (unpaired) electrons.